The van der Waals surface area contributed by atoms with Crippen molar-refractivity contribution in [2.24, 2.45) is 4.40 Å². The quantitative estimate of drug-likeness (QED) is 0.525. The molecule has 2 N–H and O–H groups in total. The number of thioether (sulfide) groups is 1. The number of hydrogen-bond donors (Lipinski definition) is 2. The Hall–Kier alpha value is -2.27. The molecular weight excluding hydrogens is 444 g/mol. The molecule has 146 valence electrons. The molecule has 1 aromatic heterocycles. The number of benzene rings is 1. The fourth-order valence-electron chi connectivity index (χ4n) is 2.25. The van der Waals surface area contributed by atoms with Crippen LogP contribution in [0, 0.1) is 0 Å². The lowest BCUT2D eigenvalue weighted by Crippen LogP contribution is -2.29. The van der Waals surface area contributed by atoms with Gasteiger partial charge in [-0.05, 0) is 42.1 Å². The second kappa shape index (κ2) is 8.00. The molecule has 1 aliphatic rings. The van der Waals surface area contributed by atoms with Gasteiger partial charge in [0.25, 0.3) is 15.9 Å². The number of nitrogens with zero attached hydrogens (tertiary/aromatic N) is 2. The summed E-state index contributed by atoms with van der Waals surface area (Å²) in [5.41, 5.74) is 0.293. The summed E-state index contributed by atoms with van der Waals surface area (Å²) in [7, 11) is -4.04. The standard InChI is InChI=1S/C17H13ClN2O5S3/c1-2-7-20-16(23)13(8-10-3-4-11(21)9-12(10)22)26-17(20)19-28(24,25)15-6-5-14(18)27-15/h2-6,8-9,21-22H,1,7H2/b13-8-,19-17?. The van der Waals surface area contributed by atoms with Gasteiger partial charge in [0, 0.05) is 18.2 Å². The molecule has 0 radical (unpaired) electrons. The zero-order valence-corrected chi connectivity index (χ0v) is 17.3. The molecule has 11 heteroatoms. The number of sulfonamides is 1. The molecule has 0 atom stereocenters. The molecule has 28 heavy (non-hydrogen) atoms. The first-order valence-corrected chi connectivity index (χ1v) is 11.1. The van der Waals surface area contributed by atoms with Gasteiger partial charge in [0.2, 0.25) is 0 Å². The molecule has 0 aliphatic carbocycles. The zero-order chi connectivity index (χ0) is 20.5. The first kappa shape index (κ1) is 20.5. The maximum atomic E-state index is 12.7. The maximum Gasteiger partial charge on any atom is 0.294 e. The predicted molar refractivity (Wildman–Crippen MR) is 111 cm³/mol. The topological polar surface area (TPSA) is 107 Å². The van der Waals surface area contributed by atoms with Crippen LogP contribution in [0.15, 0.2) is 56.5 Å². The fourth-order valence-corrected chi connectivity index (χ4v) is 5.89. The Morgan fingerprint density at radius 1 is 1.25 bits per heavy atom. The van der Waals surface area contributed by atoms with Gasteiger partial charge >= 0.3 is 0 Å². The molecule has 0 spiro atoms. The highest BCUT2D eigenvalue weighted by Gasteiger charge is 2.34. The highest BCUT2D eigenvalue weighted by Crippen LogP contribution is 2.36. The van der Waals surface area contributed by atoms with E-state index in [4.69, 9.17) is 11.6 Å². The highest BCUT2D eigenvalue weighted by molar-refractivity contribution is 8.19. The minimum absolute atomic E-state index is 0.0288. The number of amidine groups is 1. The summed E-state index contributed by atoms with van der Waals surface area (Å²) in [5.74, 6) is -0.820. The Balaban J connectivity index is 2.01. The fraction of sp³-hybridized carbons (Fsp3) is 0.0588. The summed E-state index contributed by atoms with van der Waals surface area (Å²) in [5, 5.41) is 19.3. The summed E-state index contributed by atoms with van der Waals surface area (Å²) < 4.78 is 29.1. The number of amides is 1. The number of hydrogen-bond acceptors (Lipinski definition) is 7. The van der Waals surface area contributed by atoms with Gasteiger partial charge in [-0.1, -0.05) is 17.7 Å². The number of carbonyl (C=O) groups is 1. The van der Waals surface area contributed by atoms with Gasteiger partial charge in [-0.25, -0.2) is 0 Å². The smallest absolute Gasteiger partial charge is 0.294 e. The number of phenols is 2. The van der Waals surface area contributed by atoms with Crippen LogP contribution >= 0.6 is 34.7 Å². The molecular formula is C17H13ClN2O5S3. The van der Waals surface area contributed by atoms with E-state index >= 15 is 0 Å². The van der Waals surface area contributed by atoms with Crippen LogP contribution in [0.4, 0.5) is 0 Å². The second-order valence-corrected chi connectivity index (χ2v) is 10.0. The molecule has 1 amide bonds. The van der Waals surface area contributed by atoms with Crippen molar-refractivity contribution in [3.63, 3.8) is 0 Å². The average Bonchev–Trinajstić information content (AvgIpc) is 3.17. The van der Waals surface area contributed by atoms with Gasteiger partial charge in [0.05, 0.1) is 9.24 Å². The third kappa shape index (κ3) is 4.25. The van der Waals surface area contributed by atoms with Crippen LogP contribution < -0.4 is 0 Å². The van der Waals surface area contributed by atoms with E-state index in [1.165, 1.54) is 41.3 Å². The van der Waals surface area contributed by atoms with Crippen molar-refractivity contribution in [2.75, 3.05) is 6.54 Å². The zero-order valence-electron chi connectivity index (χ0n) is 14.1. The van der Waals surface area contributed by atoms with Gasteiger partial charge < -0.3 is 10.2 Å². The van der Waals surface area contributed by atoms with Crippen LogP contribution in [-0.2, 0) is 14.8 Å². The third-order valence-electron chi connectivity index (χ3n) is 3.50. The highest BCUT2D eigenvalue weighted by atomic mass is 35.5. The monoisotopic (exact) mass is 456 g/mol. The minimum atomic E-state index is -4.04. The molecule has 3 rings (SSSR count). The Kier molecular flexibility index (Phi) is 5.84. The van der Waals surface area contributed by atoms with E-state index in [1.807, 2.05) is 0 Å². The van der Waals surface area contributed by atoms with E-state index in [0.29, 0.717) is 9.90 Å². The molecule has 1 saturated heterocycles. The van der Waals surface area contributed by atoms with Crippen LogP contribution in [0.1, 0.15) is 5.56 Å². The summed E-state index contributed by atoms with van der Waals surface area (Å²) in [4.78, 5) is 14.0. The molecule has 0 unspecified atom stereocenters. The van der Waals surface area contributed by atoms with Crippen molar-refractivity contribution in [2.45, 2.75) is 4.21 Å². The molecule has 1 aliphatic heterocycles. The van der Waals surface area contributed by atoms with Crippen molar-refractivity contribution >= 4 is 61.9 Å². The van der Waals surface area contributed by atoms with Crippen molar-refractivity contribution in [3.8, 4) is 11.5 Å². The van der Waals surface area contributed by atoms with E-state index in [-0.39, 0.29) is 32.3 Å². The molecule has 1 fully saturated rings. The Bertz CT molecular complexity index is 1120. The van der Waals surface area contributed by atoms with Crippen molar-refractivity contribution in [1.82, 2.24) is 4.90 Å². The predicted octanol–water partition coefficient (Wildman–Crippen LogP) is 3.66. The van der Waals surface area contributed by atoms with Gasteiger partial charge in [-0.15, -0.1) is 22.3 Å². The third-order valence-corrected chi connectivity index (χ3v) is 7.59. The average molecular weight is 457 g/mol. The molecule has 0 bridgehead atoms. The Labute approximate surface area is 174 Å². The van der Waals surface area contributed by atoms with Crippen LogP contribution in [0.5, 0.6) is 11.5 Å². The normalized spacial score (nSPS) is 17.6. The lowest BCUT2D eigenvalue weighted by atomic mass is 10.1. The van der Waals surface area contributed by atoms with Crippen LogP contribution in [0.2, 0.25) is 4.34 Å². The van der Waals surface area contributed by atoms with E-state index in [1.54, 1.807) is 0 Å². The number of aromatic hydroxyl groups is 2. The molecule has 1 aromatic carbocycles. The van der Waals surface area contributed by atoms with Gasteiger partial charge in [0.1, 0.15) is 15.7 Å². The van der Waals surface area contributed by atoms with Crippen LogP contribution in [-0.4, -0.2) is 41.2 Å². The van der Waals surface area contributed by atoms with Crippen molar-refractivity contribution in [3.05, 3.63) is 57.8 Å². The van der Waals surface area contributed by atoms with Gasteiger partial charge in [0.15, 0.2) is 5.17 Å². The van der Waals surface area contributed by atoms with Crippen LogP contribution in [0.3, 0.4) is 0 Å². The van der Waals surface area contributed by atoms with Crippen molar-refractivity contribution < 1.29 is 23.4 Å². The summed E-state index contributed by atoms with van der Waals surface area (Å²) in [6.45, 7) is 3.63. The number of rotatable bonds is 5. The largest absolute Gasteiger partial charge is 0.508 e. The molecule has 2 aromatic rings. The molecule has 0 saturated carbocycles. The van der Waals surface area contributed by atoms with Gasteiger partial charge in [-0.2, -0.15) is 8.42 Å². The summed E-state index contributed by atoms with van der Waals surface area (Å²) >= 11 is 7.52. The Morgan fingerprint density at radius 2 is 2.00 bits per heavy atom. The SMILES string of the molecule is C=CCN1C(=O)/C(=C/c2ccc(O)cc2O)SC1=NS(=O)(=O)c1ccc(Cl)s1. The van der Waals surface area contributed by atoms with Crippen molar-refractivity contribution in [1.29, 1.82) is 0 Å². The lowest BCUT2D eigenvalue weighted by Gasteiger charge is -2.12. The van der Waals surface area contributed by atoms with Gasteiger partial charge in [-0.3, -0.25) is 9.69 Å². The summed E-state index contributed by atoms with van der Waals surface area (Å²) in [6.07, 6.45) is 2.85. The van der Waals surface area contributed by atoms with E-state index in [2.05, 4.69) is 11.0 Å². The lowest BCUT2D eigenvalue weighted by molar-refractivity contribution is -0.121. The first-order valence-electron chi connectivity index (χ1n) is 7.66. The second-order valence-electron chi connectivity index (χ2n) is 5.47. The van der Waals surface area contributed by atoms with Crippen LogP contribution in [0.25, 0.3) is 6.08 Å². The molecule has 7 nitrogen and oxygen atoms in total. The number of carbonyl (C=O) groups excluding carboxylic acids is 1. The van der Waals surface area contributed by atoms with E-state index < -0.39 is 15.9 Å². The minimum Gasteiger partial charge on any atom is -0.508 e. The maximum absolute atomic E-state index is 12.7. The summed E-state index contributed by atoms with van der Waals surface area (Å²) in [6, 6.07) is 6.72. The number of halogens is 1. The number of thiophene rings is 1. The first-order chi connectivity index (χ1) is 13.2. The van der Waals surface area contributed by atoms with E-state index in [0.717, 1.165) is 29.2 Å². The van der Waals surface area contributed by atoms with E-state index in [9.17, 15) is 23.4 Å². The molecule has 2 heterocycles. The number of phenolic OH excluding ortho intramolecular Hbond substituents is 2. The Morgan fingerprint density at radius 3 is 2.61 bits per heavy atom.